The molecule has 3 aromatic rings. The molecule has 0 bridgehead atoms. The van der Waals surface area contributed by atoms with Gasteiger partial charge in [-0.3, -0.25) is 4.79 Å². The Bertz CT molecular complexity index is 1350. The van der Waals surface area contributed by atoms with Gasteiger partial charge in [0.05, 0.1) is 30.1 Å². The summed E-state index contributed by atoms with van der Waals surface area (Å²) >= 11 is 0. The molecule has 0 radical (unpaired) electrons. The molecule has 2 aliphatic rings. The Balaban J connectivity index is 0.000000672. The molecule has 1 aliphatic carbocycles. The number of carbonyl (C=O) groups excluding carboxylic acids is 1. The third-order valence-electron chi connectivity index (χ3n) is 7.11. The highest BCUT2D eigenvalue weighted by Crippen LogP contribution is 2.41. The predicted molar refractivity (Wildman–Crippen MR) is 167 cm³/mol. The van der Waals surface area contributed by atoms with E-state index >= 15 is 0 Å². The van der Waals surface area contributed by atoms with Crippen LogP contribution in [-0.4, -0.2) is 35.1 Å². The number of aliphatic hydroxyl groups excluding tert-OH is 1. The van der Waals surface area contributed by atoms with Gasteiger partial charge in [-0.05, 0) is 56.0 Å². The van der Waals surface area contributed by atoms with E-state index in [2.05, 4.69) is 19.6 Å². The maximum absolute atomic E-state index is 14.5. The van der Waals surface area contributed by atoms with Gasteiger partial charge >= 0.3 is 0 Å². The number of fused-ring (bicyclic) bond motifs is 4. The molecule has 2 aromatic heterocycles. The molecule has 0 saturated heterocycles. The first-order chi connectivity index (χ1) is 19.9. The number of hydrogen-bond acceptors (Lipinski definition) is 6. The fourth-order valence-electron chi connectivity index (χ4n) is 5.31. The molecular formula is C33H50FN3O4. The van der Waals surface area contributed by atoms with E-state index in [4.69, 9.17) is 9.72 Å². The number of rotatable bonds is 6. The fraction of sp³-hybridized carbons (Fsp3) is 0.545. The van der Waals surface area contributed by atoms with Crippen molar-refractivity contribution in [2.75, 3.05) is 14.2 Å². The second kappa shape index (κ2) is 17.8. The van der Waals surface area contributed by atoms with Crippen molar-refractivity contribution in [1.82, 2.24) is 9.55 Å². The van der Waals surface area contributed by atoms with Gasteiger partial charge in [0.25, 0.3) is 5.56 Å². The molecule has 3 N–H and O–H groups in total. The van der Waals surface area contributed by atoms with Crippen LogP contribution in [0.2, 0.25) is 0 Å². The van der Waals surface area contributed by atoms with E-state index < -0.39 is 6.10 Å². The molecule has 7 nitrogen and oxygen atoms in total. The van der Waals surface area contributed by atoms with Crippen molar-refractivity contribution in [3.8, 4) is 11.4 Å². The van der Waals surface area contributed by atoms with E-state index in [1.54, 1.807) is 17.6 Å². The summed E-state index contributed by atoms with van der Waals surface area (Å²) in [6, 6.07) is 3.10. The van der Waals surface area contributed by atoms with Crippen LogP contribution in [0.5, 0.6) is 0 Å². The minimum atomic E-state index is -1.43. The molecule has 228 valence electrons. The van der Waals surface area contributed by atoms with Crippen LogP contribution in [0, 0.1) is 12.7 Å². The molecule has 0 spiro atoms. The summed E-state index contributed by atoms with van der Waals surface area (Å²) in [6.07, 6.45) is 5.61. The maximum Gasteiger partial charge on any atom is 0.257 e. The van der Waals surface area contributed by atoms with Crippen LogP contribution >= 0.6 is 0 Å². The molecule has 1 aromatic carbocycles. The van der Waals surface area contributed by atoms with Crippen LogP contribution in [-0.2, 0) is 35.5 Å². The monoisotopic (exact) mass is 571 g/mol. The molecule has 1 unspecified atom stereocenters. The molecule has 1 aliphatic heterocycles. The summed E-state index contributed by atoms with van der Waals surface area (Å²) in [7, 11) is 2.96. The minimum Gasteiger partial charge on any atom is -0.381 e. The van der Waals surface area contributed by atoms with Gasteiger partial charge in [0.1, 0.15) is 11.9 Å². The molecule has 3 heterocycles. The van der Waals surface area contributed by atoms with Crippen LogP contribution in [0.15, 0.2) is 16.9 Å². The van der Waals surface area contributed by atoms with Crippen molar-refractivity contribution >= 4 is 17.2 Å². The number of halogens is 1. The van der Waals surface area contributed by atoms with Gasteiger partial charge in [0, 0.05) is 35.3 Å². The highest BCUT2D eigenvalue weighted by atomic mass is 19.1. The Morgan fingerprint density at radius 1 is 1.10 bits per heavy atom. The third-order valence-corrected chi connectivity index (χ3v) is 7.11. The SMILES string of the molecule is CC.CC.CCCCC.CN.COCc1c(C(O)C=O)cc2n(c1=O)Cc1c-2nc2cc(F)c(C)c3c2c1CCC3. The van der Waals surface area contributed by atoms with E-state index in [0.29, 0.717) is 35.3 Å². The van der Waals surface area contributed by atoms with Crippen molar-refractivity contribution in [3.63, 3.8) is 0 Å². The smallest absolute Gasteiger partial charge is 0.257 e. The van der Waals surface area contributed by atoms with Gasteiger partial charge in [-0.1, -0.05) is 60.8 Å². The van der Waals surface area contributed by atoms with Crippen LogP contribution < -0.4 is 11.3 Å². The molecule has 5 rings (SSSR count). The summed E-state index contributed by atoms with van der Waals surface area (Å²) in [5.41, 5.74) is 10.2. The van der Waals surface area contributed by atoms with Gasteiger partial charge in [-0.25, -0.2) is 9.37 Å². The second-order valence-corrected chi connectivity index (χ2v) is 9.35. The van der Waals surface area contributed by atoms with Gasteiger partial charge in [-0.2, -0.15) is 0 Å². The normalized spacial score (nSPS) is 12.6. The lowest BCUT2D eigenvalue weighted by molar-refractivity contribution is -0.115. The number of nitrogens with two attached hydrogens (primary N) is 1. The van der Waals surface area contributed by atoms with E-state index in [-0.39, 0.29) is 29.1 Å². The number of ether oxygens (including phenoxy) is 1. The van der Waals surface area contributed by atoms with Crippen molar-refractivity contribution in [2.45, 2.75) is 106 Å². The van der Waals surface area contributed by atoms with Gasteiger partial charge in [0.2, 0.25) is 0 Å². The number of aromatic nitrogens is 2. The lowest BCUT2D eigenvalue weighted by Crippen LogP contribution is -2.26. The van der Waals surface area contributed by atoms with E-state index in [1.165, 1.54) is 39.5 Å². The summed E-state index contributed by atoms with van der Waals surface area (Å²) in [5, 5.41) is 11.2. The van der Waals surface area contributed by atoms with Crippen LogP contribution in [0.3, 0.4) is 0 Å². The predicted octanol–water partition coefficient (Wildman–Crippen LogP) is 6.56. The van der Waals surface area contributed by atoms with Crippen LogP contribution in [0.1, 0.15) is 107 Å². The highest BCUT2D eigenvalue weighted by Gasteiger charge is 2.31. The molecular weight excluding hydrogens is 521 g/mol. The third kappa shape index (κ3) is 7.48. The van der Waals surface area contributed by atoms with Crippen molar-refractivity contribution < 1.29 is 19.0 Å². The zero-order valence-electron chi connectivity index (χ0n) is 26.5. The molecule has 1 atom stereocenters. The number of pyridine rings is 2. The molecule has 0 fully saturated rings. The fourth-order valence-corrected chi connectivity index (χ4v) is 5.31. The van der Waals surface area contributed by atoms with E-state index in [1.807, 2.05) is 27.7 Å². The first kappa shape index (κ1) is 36.1. The number of aryl methyl sites for hydroxylation is 2. The number of unbranched alkanes of at least 4 members (excludes halogenated alkanes) is 2. The maximum atomic E-state index is 14.5. The molecule has 41 heavy (non-hydrogen) atoms. The van der Waals surface area contributed by atoms with E-state index in [0.717, 1.165) is 41.3 Å². The Kier molecular flexibility index (Phi) is 15.6. The molecule has 8 heteroatoms. The second-order valence-electron chi connectivity index (χ2n) is 9.35. The number of methoxy groups -OCH3 is 1. The Morgan fingerprint density at radius 3 is 2.24 bits per heavy atom. The first-order valence-corrected chi connectivity index (χ1v) is 15.0. The number of benzene rings is 1. The topological polar surface area (TPSA) is 107 Å². The zero-order valence-corrected chi connectivity index (χ0v) is 26.5. The van der Waals surface area contributed by atoms with Crippen molar-refractivity contribution in [2.24, 2.45) is 5.73 Å². The number of hydrogen-bond donors (Lipinski definition) is 2. The van der Waals surface area contributed by atoms with Crippen LogP contribution in [0.4, 0.5) is 4.39 Å². The van der Waals surface area contributed by atoms with Crippen molar-refractivity contribution in [3.05, 3.63) is 61.7 Å². The Hall–Kier alpha value is -2.94. The average molecular weight is 572 g/mol. The van der Waals surface area contributed by atoms with Gasteiger partial charge in [0.15, 0.2) is 6.29 Å². The quantitative estimate of drug-likeness (QED) is 0.254. The Labute approximate surface area is 245 Å². The van der Waals surface area contributed by atoms with Crippen molar-refractivity contribution in [1.29, 1.82) is 0 Å². The Morgan fingerprint density at radius 2 is 1.71 bits per heavy atom. The van der Waals surface area contributed by atoms with E-state index in [9.17, 15) is 19.1 Å². The van der Waals surface area contributed by atoms with Gasteiger partial charge < -0.3 is 24.9 Å². The number of carbonyl (C=O) groups is 1. The average Bonchev–Trinajstić information content (AvgIpc) is 3.39. The summed E-state index contributed by atoms with van der Waals surface area (Å²) in [5.74, 6) is -0.277. The lowest BCUT2D eigenvalue weighted by atomic mass is 9.85. The minimum absolute atomic E-state index is 0.00743. The number of aliphatic hydroxyl groups is 1. The molecule has 0 saturated carbocycles. The zero-order chi connectivity index (χ0) is 31.3. The number of aldehydes is 1. The summed E-state index contributed by atoms with van der Waals surface area (Å²) in [4.78, 5) is 29.2. The largest absolute Gasteiger partial charge is 0.381 e. The van der Waals surface area contributed by atoms with Crippen LogP contribution in [0.25, 0.3) is 22.3 Å². The lowest BCUT2D eigenvalue weighted by Gasteiger charge is -2.21. The summed E-state index contributed by atoms with van der Waals surface area (Å²) in [6.45, 7) is 14.6. The van der Waals surface area contributed by atoms with Gasteiger partial charge in [-0.15, -0.1) is 0 Å². The highest BCUT2D eigenvalue weighted by molar-refractivity contribution is 5.92. The molecule has 0 amide bonds. The standard InChI is InChI=1S/C23H21FN2O4.C5H12.2C2H6.CH5N/c1-11-12-4-3-5-13-15-8-26-19(22(15)25-18(21(12)13)7-17(11)24)6-14(20(28)9-27)16(10-30-2)23(26)29;1-3-5-4-2;3*1-2/h6-7,9,20,28H,3-5,8,10H2,1-2H3;3-5H2,1-2H3;2*1-2H3;2H2,1H3. The first-order valence-electron chi connectivity index (χ1n) is 15.0. The number of nitrogens with zero attached hydrogens (tertiary/aromatic N) is 2. The summed E-state index contributed by atoms with van der Waals surface area (Å²) < 4.78 is 21.3.